The van der Waals surface area contributed by atoms with Gasteiger partial charge in [-0.15, -0.1) is 0 Å². The fraction of sp³-hybridized carbons (Fsp3) is 0.240. The number of amides is 1. The molecule has 0 aromatic heterocycles. The molecule has 35 heavy (non-hydrogen) atoms. The molecule has 0 aliphatic carbocycles. The summed E-state index contributed by atoms with van der Waals surface area (Å²) in [6.07, 6.45) is 0. The first-order valence-electron chi connectivity index (χ1n) is 11.1. The van der Waals surface area contributed by atoms with Gasteiger partial charge in [-0.05, 0) is 55.5 Å². The Bertz CT molecular complexity index is 1320. The van der Waals surface area contributed by atoms with E-state index in [0.29, 0.717) is 37.4 Å². The molecule has 1 aliphatic heterocycles. The molecule has 10 heteroatoms. The Hall–Kier alpha value is -3.92. The minimum atomic E-state index is -3.71. The number of carbonyl (C=O) groups excluding carboxylic acids is 1. The van der Waals surface area contributed by atoms with Crippen LogP contribution in [0.2, 0.25) is 0 Å². The Labute approximate surface area is 204 Å². The van der Waals surface area contributed by atoms with E-state index in [0.717, 1.165) is 11.3 Å². The Balaban J connectivity index is 1.39. The van der Waals surface area contributed by atoms with Crippen LogP contribution in [0.4, 0.5) is 17.1 Å². The lowest BCUT2D eigenvalue weighted by Crippen LogP contribution is -2.48. The summed E-state index contributed by atoms with van der Waals surface area (Å²) in [6, 6.07) is 19.6. The van der Waals surface area contributed by atoms with Gasteiger partial charge in [0.1, 0.15) is 0 Å². The molecule has 1 aliphatic rings. The van der Waals surface area contributed by atoms with Gasteiger partial charge in [0, 0.05) is 56.6 Å². The summed E-state index contributed by atoms with van der Waals surface area (Å²) in [7, 11) is -2.22. The first kappa shape index (κ1) is 24.2. The van der Waals surface area contributed by atoms with Crippen LogP contribution in [0.1, 0.15) is 15.9 Å². The van der Waals surface area contributed by atoms with Crippen molar-refractivity contribution < 1.29 is 18.1 Å². The lowest BCUT2D eigenvalue weighted by molar-refractivity contribution is -0.384. The van der Waals surface area contributed by atoms with E-state index in [9.17, 15) is 23.3 Å². The number of hydrogen-bond acceptors (Lipinski definition) is 6. The highest BCUT2D eigenvalue weighted by Crippen LogP contribution is 2.24. The maximum Gasteiger partial charge on any atom is 0.269 e. The van der Waals surface area contributed by atoms with Gasteiger partial charge < -0.3 is 9.80 Å². The van der Waals surface area contributed by atoms with Gasteiger partial charge in [0.05, 0.1) is 15.5 Å². The van der Waals surface area contributed by atoms with Crippen LogP contribution in [0.15, 0.2) is 77.7 Å². The predicted molar refractivity (Wildman–Crippen MR) is 134 cm³/mol. The van der Waals surface area contributed by atoms with Crippen LogP contribution in [-0.4, -0.2) is 57.4 Å². The second-order valence-electron chi connectivity index (χ2n) is 8.39. The molecule has 3 aromatic rings. The first-order chi connectivity index (χ1) is 16.7. The van der Waals surface area contributed by atoms with E-state index >= 15 is 0 Å². The van der Waals surface area contributed by atoms with Crippen molar-refractivity contribution in [3.05, 3.63) is 94.0 Å². The molecule has 0 spiro atoms. The number of aryl methyl sites for hydroxylation is 1. The van der Waals surface area contributed by atoms with E-state index in [2.05, 4.69) is 4.90 Å². The highest BCUT2D eigenvalue weighted by Gasteiger charge is 2.24. The molecule has 0 N–H and O–H groups in total. The fourth-order valence-corrected chi connectivity index (χ4v) is 5.15. The summed E-state index contributed by atoms with van der Waals surface area (Å²) in [5, 5.41) is 10.8. The highest BCUT2D eigenvalue weighted by atomic mass is 32.2. The number of anilines is 2. The Kier molecular flexibility index (Phi) is 6.74. The predicted octanol–water partition coefficient (Wildman–Crippen LogP) is 3.69. The van der Waals surface area contributed by atoms with Crippen molar-refractivity contribution in [2.45, 2.75) is 11.8 Å². The normalized spacial score (nSPS) is 14.0. The SMILES string of the molecule is Cc1ccc(S(=O)(=O)N(C)c2ccc(C(=O)N3CCN(c4ccc([N+](=O)[O-])cc4)CC3)cc2)cc1. The topological polar surface area (TPSA) is 104 Å². The summed E-state index contributed by atoms with van der Waals surface area (Å²) in [5.41, 5.74) is 2.85. The molecule has 4 rings (SSSR count). The largest absolute Gasteiger partial charge is 0.368 e. The van der Waals surface area contributed by atoms with Crippen molar-refractivity contribution in [2.75, 3.05) is 42.4 Å². The van der Waals surface area contributed by atoms with E-state index in [1.165, 1.54) is 23.5 Å². The average molecular weight is 495 g/mol. The van der Waals surface area contributed by atoms with Crippen LogP contribution in [0.3, 0.4) is 0 Å². The zero-order chi connectivity index (χ0) is 25.2. The smallest absolute Gasteiger partial charge is 0.269 e. The Morgan fingerprint density at radius 2 is 1.46 bits per heavy atom. The van der Waals surface area contributed by atoms with E-state index in [1.807, 2.05) is 6.92 Å². The maximum atomic E-state index is 13.0. The van der Waals surface area contributed by atoms with Crippen LogP contribution in [0.5, 0.6) is 0 Å². The van der Waals surface area contributed by atoms with Crippen molar-refractivity contribution >= 4 is 33.0 Å². The number of nitro benzene ring substituents is 1. The number of sulfonamides is 1. The minimum Gasteiger partial charge on any atom is -0.368 e. The fourth-order valence-electron chi connectivity index (χ4n) is 3.96. The van der Waals surface area contributed by atoms with E-state index in [4.69, 9.17) is 0 Å². The molecular formula is C25H26N4O5S. The number of rotatable bonds is 6. The lowest BCUT2D eigenvalue weighted by Gasteiger charge is -2.36. The molecule has 1 heterocycles. The molecular weight excluding hydrogens is 468 g/mol. The molecule has 1 saturated heterocycles. The van der Waals surface area contributed by atoms with E-state index in [-0.39, 0.29) is 16.5 Å². The van der Waals surface area contributed by atoms with Crippen LogP contribution in [0, 0.1) is 17.0 Å². The number of carbonyl (C=O) groups is 1. The van der Waals surface area contributed by atoms with Gasteiger partial charge in [-0.2, -0.15) is 0 Å². The zero-order valence-corrected chi connectivity index (χ0v) is 20.3. The van der Waals surface area contributed by atoms with E-state index < -0.39 is 14.9 Å². The van der Waals surface area contributed by atoms with Crippen molar-refractivity contribution in [1.82, 2.24) is 4.90 Å². The average Bonchev–Trinajstić information content (AvgIpc) is 2.88. The molecule has 0 bridgehead atoms. The number of benzene rings is 3. The van der Waals surface area contributed by atoms with Gasteiger partial charge in [-0.25, -0.2) is 8.42 Å². The Morgan fingerprint density at radius 1 is 0.886 bits per heavy atom. The van der Waals surface area contributed by atoms with Gasteiger partial charge >= 0.3 is 0 Å². The van der Waals surface area contributed by atoms with Crippen LogP contribution in [-0.2, 0) is 10.0 Å². The van der Waals surface area contributed by atoms with Crippen LogP contribution >= 0.6 is 0 Å². The molecule has 0 atom stereocenters. The standard InChI is InChI=1S/C25H26N4O5S/c1-19-3-13-24(14-4-19)35(33,34)26(2)21-7-5-20(6-8-21)25(30)28-17-15-27(16-18-28)22-9-11-23(12-10-22)29(31)32/h3-14H,15-18H2,1-2H3. The molecule has 9 nitrogen and oxygen atoms in total. The minimum absolute atomic E-state index is 0.0447. The molecule has 0 saturated carbocycles. The molecule has 1 fully saturated rings. The molecule has 0 unspecified atom stereocenters. The van der Waals surface area contributed by atoms with Gasteiger partial charge in [-0.3, -0.25) is 19.2 Å². The Morgan fingerprint density at radius 3 is 2.00 bits per heavy atom. The molecule has 3 aromatic carbocycles. The maximum absolute atomic E-state index is 13.0. The summed E-state index contributed by atoms with van der Waals surface area (Å²) >= 11 is 0. The number of nitro groups is 1. The van der Waals surface area contributed by atoms with Gasteiger partial charge in [0.2, 0.25) is 0 Å². The van der Waals surface area contributed by atoms with E-state index in [1.54, 1.807) is 65.6 Å². The summed E-state index contributed by atoms with van der Waals surface area (Å²) < 4.78 is 27.0. The third-order valence-electron chi connectivity index (χ3n) is 6.15. The van der Waals surface area contributed by atoms with Crippen LogP contribution in [0.25, 0.3) is 0 Å². The van der Waals surface area contributed by atoms with Gasteiger partial charge in [-0.1, -0.05) is 17.7 Å². The molecule has 1 amide bonds. The van der Waals surface area contributed by atoms with Crippen LogP contribution < -0.4 is 9.21 Å². The van der Waals surface area contributed by atoms with Crippen molar-refractivity contribution in [3.63, 3.8) is 0 Å². The third-order valence-corrected chi connectivity index (χ3v) is 7.95. The molecule has 182 valence electrons. The summed E-state index contributed by atoms with van der Waals surface area (Å²) in [5.74, 6) is -0.121. The third kappa shape index (κ3) is 5.12. The first-order valence-corrected chi connectivity index (χ1v) is 12.6. The zero-order valence-electron chi connectivity index (χ0n) is 19.5. The number of hydrogen-bond donors (Lipinski definition) is 0. The lowest BCUT2D eigenvalue weighted by atomic mass is 10.1. The quantitative estimate of drug-likeness (QED) is 0.382. The van der Waals surface area contributed by atoms with Crippen molar-refractivity contribution in [2.24, 2.45) is 0 Å². The number of non-ortho nitro benzene ring substituents is 1. The second-order valence-corrected chi connectivity index (χ2v) is 10.4. The van der Waals surface area contributed by atoms with Crippen molar-refractivity contribution in [3.8, 4) is 0 Å². The number of nitrogens with zero attached hydrogens (tertiary/aromatic N) is 4. The molecule has 0 radical (unpaired) electrons. The monoisotopic (exact) mass is 494 g/mol. The second kappa shape index (κ2) is 9.75. The van der Waals surface area contributed by atoms with Gasteiger partial charge in [0.25, 0.3) is 21.6 Å². The van der Waals surface area contributed by atoms with Crippen molar-refractivity contribution in [1.29, 1.82) is 0 Å². The summed E-state index contributed by atoms with van der Waals surface area (Å²) in [6.45, 7) is 4.14. The van der Waals surface area contributed by atoms with Gasteiger partial charge in [0.15, 0.2) is 0 Å². The summed E-state index contributed by atoms with van der Waals surface area (Å²) in [4.78, 5) is 27.4. The number of piperazine rings is 1. The highest BCUT2D eigenvalue weighted by molar-refractivity contribution is 7.92.